The number of piperazine rings is 1. The van der Waals surface area contributed by atoms with E-state index in [-0.39, 0.29) is 0 Å². The van der Waals surface area contributed by atoms with E-state index in [1.54, 1.807) is 9.80 Å². The van der Waals surface area contributed by atoms with Gasteiger partial charge in [0, 0.05) is 23.5 Å². The Labute approximate surface area is 127 Å². The highest BCUT2D eigenvalue weighted by molar-refractivity contribution is 5.21. The van der Waals surface area contributed by atoms with E-state index < -0.39 is 0 Å². The van der Waals surface area contributed by atoms with Gasteiger partial charge in [0.05, 0.1) is 0 Å². The van der Waals surface area contributed by atoms with Crippen LogP contribution in [0.3, 0.4) is 0 Å². The molecule has 2 aromatic rings. The molecule has 2 heterocycles. The largest absolute Gasteiger partial charge is 0.322 e. The lowest BCUT2D eigenvalue weighted by atomic mass is 10.1. The van der Waals surface area contributed by atoms with E-state index in [4.69, 9.17) is 0 Å². The predicted molar refractivity (Wildman–Crippen MR) is 84.2 cm³/mol. The zero-order valence-corrected chi connectivity index (χ0v) is 12.8. The van der Waals surface area contributed by atoms with Crippen LogP contribution in [0.2, 0.25) is 0 Å². The second kappa shape index (κ2) is 6.83. The van der Waals surface area contributed by atoms with E-state index in [1.165, 1.54) is 49.4 Å². The van der Waals surface area contributed by atoms with E-state index in [0.29, 0.717) is 0 Å². The van der Waals surface area contributed by atoms with Crippen LogP contribution in [0.4, 0.5) is 0 Å². The maximum atomic E-state index is 4.09. The van der Waals surface area contributed by atoms with Crippen LogP contribution in [0.15, 0.2) is 48.8 Å². The highest BCUT2D eigenvalue weighted by atomic mass is 15.3. The highest BCUT2D eigenvalue weighted by Gasteiger charge is 2.22. The molecule has 1 aliphatic rings. The number of aromatic nitrogens is 1. The number of rotatable bonds is 4. The lowest BCUT2D eigenvalue weighted by Crippen LogP contribution is -3.27. The van der Waals surface area contributed by atoms with Gasteiger partial charge in [0.2, 0.25) is 0 Å². The maximum Gasteiger partial charge on any atom is 0.127 e. The topological polar surface area (TPSA) is 21.8 Å². The fourth-order valence-electron chi connectivity index (χ4n) is 3.21. The average Bonchev–Trinajstić information content (AvgIpc) is 2.50. The molecule has 0 radical (unpaired) electrons. The van der Waals surface area contributed by atoms with Gasteiger partial charge in [-0.15, -0.1) is 0 Å². The zero-order chi connectivity index (χ0) is 14.5. The Balaban J connectivity index is 1.49. The molecule has 3 nitrogen and oxygen atoms in total. The third kappa shape index (κ3) is 4.13. The van der Waals surface area contributed by atoms with Crippen molar-refractivity contribution >= 4 is 0 Å². The lowest BCUT2D eigenvalue weighted by molar-refractivity contribution is -1.02. The molecule has 2 N–H and O–H groups in total. The molecule has 0 unspecified atom stereocenters. The van der Waals surface area contributed by atoms with Gasteiger partial charge in [-0.3, -0.25) is 4.98 Å². The summed E-state index contributed by atoms with van der Waals surface area (Å²) in [6.07, 6.45) is 3.79. The van der Waals surface area contributed by atoms with Gasteiger partial charge in [-0.25, -0.2) is 0 Å². The molecule has 1 aromatic carbocycles. The summed E-state index contributed by atoms with van der Waals surface area (Å²) in [7, 11) is 0. The quantitative estimate of drug-likeness (QED) is 0.802. The second-order valence-electron chi connectivity index (χ2n) is 6.20. The number of nitrogens with zero attached hydrogens (tertiary/aromatic N) is 1. The molecule has 0 saturated carbocycles. The predicted octanol–water partition coefficient (Wildman–Crippen LogP) is -0.126. The van der Waals surface area contributed by atoms with Gasteiger partial charge in [-0.05, 0) is 19.1 Å². The standard InChI is InChI=1S/C18H23N3/c1-16-3-2-4-18(13-16)15-21-11-9-20(10-12-21)14-17-5-7-19-8-6-17/h2-8,13H,9-12,14-15H2,1H3/p+2. The van der Waals surface area contributed by atoms with E-state index in [1.807, 2.05) is 12.4 Å². The minimum absolute atomic E-state index is 1.14. The summed E-state index contributed by atoms with van der Waals surface area (Å²) in [4.78, 5) is 7.52. The van der Waals surface area contributed by atoms with Gasteiger partial charge in [0.15, 0.2) is 0 Å². The van der Waals surface area contributed by atoms with Crippen molar-refractivity contribution < 1.29 is 9.80 Å². The molecule has 1 aromatic heterocycles. The Kier molecular flexibility index (Phi) is 4.63. The van der Waals surface area contributed by atoms with Gasteiger partial charge in [0.25, 0.3) is 0 Å². The Morgan fingerprint density at radius 2 is 1.48 bits per heavy atom. The highest BCUT2D eigenvalue weighted by Crippen LogP contribution is 2.02. The first-order chi connectivity index (χ1) is 10.3. The van der Waals surface area contributed by atoms with Crippen LogP contribution in [-0.4, -0.2) is 31.2 Å². The summed E-state index contributed by atoms with van der Waals surface area (Å²) in [6, 6.07) is 13.2. The third-order valence-corrected chi connectivity index (χ3v) is 4.40. The third-order valence-electron chi connectivity index (χ3n) is 4.40. The van der Waals surface area contributed by atoms with Crippen LogP contribution >= 0.6 is 0 Å². The normalized spacial score (nSPS) is 22.1. The fourth-order valence-corrected chi connectivity index (χ4v) is 3.21. The van der Waals surface area contributed by atoms with Crippen molar-refractivity contribution in [2.75, 3.05) is 26.2 Å². The number of quaternary nitrogens is 2. The zero-order valence-electron chi connectivity index (χ0n) is 12.8. The molecule has 0 atom stereocenters. The van der Waals surface area contributed by atoms with Crippen molar-refractivity contribution in [3.63, 3.8) is 0 Å². The number of hydrogen-bond donors (Lipinski definition) is 2. The van der Waals surface area contributed by atoms with Crippen LogP contribution in [0, 0.1) is 6.92 Å². The molecule has 110 valence electrons. The molecule has 3 rings (SSSR count). The van der Waals surface area contributed by atoms with Crippen molar-refractivity contribution in [3.05, 3.63) is 65.5 Å². The molecule has 0 amide bonds. The SMILES string of the molecule is Cc1cccc(C[NH+]2CC[NH+](Cc3ccncc3)CC2)c1. The maximum absolute atomic E-state index is 4.09. The fraction of sp³-hybridized carbons (Fsp3) is 0.389. The Morgan fingerprint density at radius 1 is 0.857 bits per heavy atom. The van der Waals surface area contributed by atoms with E-state index in [2.05, 4.69) is 48.3 Å². The molecule has 1 fully saturated rings. The van der Waals surface area contributed by atoms with Crippen LogP contribution in [0.1, 0.15) is 16.7 Å². The molecular weight excluding hydrogens is 258 g/mol. The number of nitrogens with one attached hydrogen (secondary N) is 2. The number of pyridine rings is 1. The number of benzene rings is 1. The first kappa shape index (κ1) is 14.2. The molecular formula is C18H25N3+2. The van der Waals surface area contributed by atoms with E-state index in [9.17, 15) is 0 Å². The summed E-state index contributed by atoms with van der Waals surface area (Å²) in [6.45, 7) is 9.57. The molecule has 3 heteroatoms. The Bertz CT molecular complexity index is 560. The summed E-state index contributed by atoms with van der Waals surface area (Å²) >= 11 is 0. The van der Waals surface area contributed by atoms with Gasteiger partial charge >= 0.3 is 0 Å². The second-order valence-corrected chi connectivity index (χ2v) is 6.20. The summed E-state index contributed by atoms with van der Waals surface area (Å²) in [5.41, 5.74) is 4.25. The Morgan fingerprint density at radius 3 is 2.10 bits per heavy atom. The van der Waals surface area contributed by atoms with Crippen molar-refractivity contribution in [2.24, 2.45) is 0 Å². The van der Waals surface area contributed by atoms with Crippen LogP contribution in [0.5, 0.6) is 0 Å². The molecule has 1 aliphatic heterocycles. The van der Waals surface area contributed by atoms with Gasteiger partial charge in [-0.1, -0.05) is 29.8 Å². The molecule has 0 aliphatic carbocycles. The van der Waals surface area contributed by atoms with Crippen molar-refractivity contribution in [1.29, 1.82) is 0 Å². The summed E-state index contributed by atoms with van der Waals surface area (Å²) < 4.78 is 0. The van der Waals surface area contributed by atoms with Gasteiger partial charge in [-0.2, -0.15) is 0 Å². The van der Waals surface area contributed by atoms with Crippen LogP contribution in [-0.2, 0) is 13.1 Å². The van der Waals surface area contributed by atoms with Gasteiger partial charge < -0.3 is 9.80 Å². The average molecular weight is 283 g/mol. The smallest absolute Gasteiger partial charge is 0.127 e. The lowest BCUT2D eigenvalue weighted by Gasteiger charge is -2.29. The molecule has 0 spiro atoms. The molecule has 21 heavy (non-hydrogen) atoms. The van der Waals surface area contributed by atoms with E-state index in [0.717, 1.165) is 6.54 Å². The van der Waals surface area contributed by atoms with Crippen LogP contribution < -0.4 is 9.80 Å². The van der Waals surface area contributed by atoms with Crippen molar-refractivity contribution in [2.45, 2.75) is 20.0 Å². The number of aryl methyl sites for hydroxylation is 1. The molecule has 1 saturated heterocycles. The minimum atomic E-state index is 1.14. The number of hydrogen-bond acceptors (Lipinski definition) is 1. The van der Waals surface area contributed by atoms with E-state index >= 15 is 0 Å². The molecule has 0 bridgehead atoms. The summed E-state index contributed by atoms with van der Waals surface area (Å²) in [5.74, 6) is 0. The minimum Gasteiger partial charge on any atom is -0.322 e. The van der Waals surface area contributed by atoms with Crippen molar-refractivity contribution in [1.82, 2.24) is 4.98 Å². The first-order valence-corrected chi connectivity index (χ1v) is 7.91. The monoisotopic (exact) mass is 283 g/mol. The van der Waals surface area contributed by atoms with Crippen molar-refractivity contribution in [3.8, 4) is 0 Å². The van der Waals surface area contributed by atoms with Crippen LogP contribution in [0.25, 0.3) is 0 Å². The summed E-state index contributed by atoms with van der Waals surface area (Å²) in [5, 5.41) is 0. The van der Waals surface area contributed by atoms with Gasteiger partial charge in [0.1, 0.15) is 39.3 Å². The first-order valence-electron chi connectivity index (χ1n) is 7.91. The Hall–Kier alpha value is -1.71.